The van der Waals surface area contributed by atoms with Gasteiger partial charge in [0.2, 0.25) is 0 Å². The summed E-state index contributed by atoms with van der Waals surface area (Å²) in [6.07, 6.45) is 1.49. The number of hydrogen-bond acceptors (Lipinski definition) is 6. The van der Waals surface area contributed by atoms with Gasteiger partial charge in [-0.25, -0.2) is 4.98 Å². The van der Waals surface area contributed by atoms with Gasteiger partial charge in [-0.15, -0.1) is 0 Å². The molecule has 0 saturated heterocycles. The molecule has 0 unspecified atom stereocenters. The summed E-state index contributed by atoms with van der Waals surface area (Å²) in [4.78, 5) is 28.8. The van der Waals surface area contributed by atoms with Crippen molar-refractivity contribution in [3.63, 3.8) is 0 Å². The number of rotatable bonds is 7. The smallest absolute Gasteiger partial charge is 0.269 e. The van der Waals surface area contributed by atoms with Gasteiger partial charge in [-0.2, -0.15) is 5.10 Å². The molecule has 3 rings (SSSR count). The molecule has 152 valence electrons. The van der Waals surface area contributed by atoms with Crippen molar-refractivity contribution in [3.8, 4) is 22.8 Å². The molecule has 1 aromatic carbocycles. The maximum atomic E-state index is 12.4. The first-order valence-electron chi connectivity index (χ1n) is 9.03. The lowest BCUT2D eigenvalue weighted by atomic mass is 10.1. The highest BCUT2D eigenvalue weighted by Gasteiger charge is 2.15. The van der Waals surface area contributed by atoms with Crippen LogP contribution in [0.5, 0.6) is 11.5 Å². The Morgan fingerprint density at radius 1 is 1.21 bits per heavy atom. The largest absolute Gasteiger partial charge is 0.497 e. The van der Waals surface area contributed by atoms with E-state index in [1.165, 1.54) is 10.9 Å². The molecule has 1 amide bonds. The van der Waals surface area contributed by atoms with Crippen LogP contribution in [0, 0.1) is 13.8 Å². The van der Waals surface area contributed by atoms with E-state index in [4.69, 9.17) is 9.47 Å². The molecular formula is C20H23N5O4. The van der Waals surface area contributed by atoms with Crippen LogP contribution in [0.3, 0.4) is 0 Å². The summed E-state index contributed by atoms with van der Waals surface area (Å²) >= 11 is 0. The van der Waals surface area contributed by atoms with Crippen molar-refractivity contribution in [3.05, 3.63) is 57.9 Å². The Kier molecular flexibility index (Phi) is 5.96. The van der Waals surface area contributed by atoms with E-state index in [0.717, 1.165) is 0 Å². The van der Waals surface area contributed by atoms with Gasteiger partial charge >= 0.3 is 0 Å². The zero-order chi connectivity index (χ0) is 21.0. The first-order valence-corrected chi connectivity index (χ1v) is 9.03. The van der Waals surface area contributed by atoms with Crippen LogP contribution in [0.25, 0.3) is 11.3 Å². The van der Waals surface area contributed by atoms with E-state index in [2.05, 4.69) is 20.5 Å². The summed E-state index contributed by atoms with van der Waals surface area (Å²) in [5, 5.41) is 9.71. The van der Waals surface area contributed by atoms with E-state index in [-0.39, 0.29) is 18.0 Å². The van der Waals surface area contributed by atoms with Gasteiger partial charge in [-0.1, -0.05) is 0 Å². The summed E-state index contributed by atoms with van der Waals surface area (Å²) in [6, 6.07) is 6.98. The van der Waals surface area contributed by atoms with Gasteiger partial charge in [-0.3, -0.25) is 19.3 Å². The van der Waals surface area contributed by atoms with Crippen LogP contribution in [-0.2, 0) is 6.54 Å². The molecule has 2 aromatic heterocycles. The molecule has 0 aliphatic heterocycles. The van der Waals surface area contributed by atoms with Gasteiger partial charge < -0.3 is 14.8 Å². The fraction of sp³-hybridized carbons (Fsp3) is 0.300. The zero-order valence-corrected chi connectivity index (χ0v) is 16.8. The molecule has 3 aromatic rings. The van der Waals surface area contributed by atoms with E-state index in [1.54, 1.807) is 52.3 Å². The van der Waals surface area contributed by atoms with Crippen LogP contribution in [-0.4, -0.2) is 46.4 Å². The monoisotopic (exact) mass is 397 g/mol. The molecule has 9 heteroatoms. The van der Waals surface area contributed by atoms with Crippen LogP contribution in [0.15, 0.2) is 35.4 Å². The van der Waals surface area contributed by atoms with Crippen LogP contribution in [0.2, 0.25) is 0 Å². The Balaban J connectivity index is 1.69. The number of aromatic nitrogens is 4. The molecule has 0 fully saturated rings. The third-order valence-corrected chi connectivity index (χ3v) is 4.66. The normalized spacial score (nSPS) is 10.6. The molecule has 0 radical (unpaired) electrons. The second kappa shape index (κ2) is 8.59. The van der Waals surface area contributed by atoms with Gasteiger partial charge in [0.05, 0.1) is 26.2 Å². The Labute approximate surface area is 167 Å². The number of carbonyl (C=O) groups is 1. The highest BCUT2D eigenvalue weighted by molar-refractivity contribution is 5.93. The van der Waals surface area contributed by atoms with Gasteiger partial charge in [0.25, 0.3) is 11.5 Å². The maximum Gasteiger partial charge on any atom is 0.269 e. The van der Waals surface area contributed by atoms with E-state index in [1.807, 2.05) is 0 Å². The van der Waals surface area contributed by atoms with E-state index in [9.17, 15) is 9.59 Å². The third kappa shape index (κ3) is 4.29. The average Bonchev–Trinajstić information content (AvgIpc) is 3.23. The number of benzene rings is 1. The summed E-state index contributed by atoms with van der Waals surface area (Å²) in [6.45, 7) is 4.12. The van der Waals surface area contributed by atoms with Crippen molar-refractivity contribution < 1.29 is 14.3 Å². The first kappa shape index (κ1) is 20.1. The number of ether oxygens (including phenoxy) is 2. The lowest BCUT2D eigenvalue weighted by Gasteiger charge is -2.08. The van der Waals surface area contributed by atoms with Crippen molar-refractivity contribution in [2.24, 2.45) is 0 Å². The molecule has 0 bridgehead atoms. The Morgan fingerprint density at radius 3 is 2.72 bits per heavy atom. The number of nitrogens with zero attached hydrogens (tertiary/aromatic N) is 3. The summed E-state index contributed by atoms with van der Waals surface area (Å²) in [5.74, 6) is 0.948. The summed E-state index contributed by atoms with van der Waals surface area (Å²) in [5.41, 5.74) is 2.75. The van der Waals surface area contributed by atoms with Crippen LogP contribution < -0.4 is 20.3 Å². The zero-order valence-electron chi connectivity index (χ0n) is 16.8. The van der Waals surface area contributed by atoms with Gasteiger partial charge in [0, 0.05) is 29.9 Å². The van der Waals surface area contributed by atoms with Crippen LogP contribution in [0.1, 0.15) is 21.7 Å². The predicted octanol–water partition coefficient (Wildman–Crippen LogP) is 1.70. The third-order valence-electron chi connectivity index (χ3n) is 4.66. The standard InChI is InChI=1S/C20H23N5O4/c1-12-13(2)22-11-25(20(12)27)8-7-21-19(26)17-10-16(23-24-17)15-9-14(28-3)5-6-18(15)29-4/h5-6,9-11H,7-8H2,1-4H3,(H,21,26)(H,23,24). The number of hydrogen-bond donors (Lipinski definition) is 2. The number of nitrogens with one attached hydrogen (secondary N) is 2. The lowest BCUT2D eigenvalue weighted by molar-refractivity contribution is 0.0947. The molecule has 29 heavy (non-hydrogen) atoms. The minimum absolute atomic E-state index is 0.110. The van der Waals surface area contributed by atoms with Crippen molar-refractivity contribution in [2.45, 2.75) is 20.4 Å². The molecule has 2 heterocycles. The van der Waals surface area contributed by atoms with E-state index in [0.29, 0.717) is 46.3 Å². The van der Waals surface area contributed by atoms with Crippen LogP contribution >= 0.6 is 0 Å². The van der Waals surface area contributed by atoms with E-state index < -0.39 is 0 Å². The fourth-order valence-corrected chi connectivity index (χ4v) is 2.81. The van der Waals surface area contributed by atoms with Gasteiger partial charge in [0.1, 0.15) is 17.2 Å². The van der Waals surface area contributed by atoms with Crippen LogP contribution in [0.4, 0.5) is 0 Å². The maximum absolute atomic E-state index is 12.4. The molecule has 0 atom stereocenters. The molecule has 9 nitrogen and oxygen atoms in total. The summed E-state index contributed by atoms with van der Waals surface area (Å²) < 4.78 is 12.1. The molecule has 0 aliphatic rings. The van der Waals surface area contributed by atoms with Gasteiger partial charge in [-0.05, 0) is 38.1 Å². The number of aryl methyl sites for hydroxylation is 1. The Hall–Kier alpha value is -3.62. The second-order valence-electron chi connectivity index (χ2n) is 6.44. The minimum Gasteiger partial charge on any atom is -0.497 e. The Bertz CT molecular complexity index is 1090. The van der Waals surface area contributed by atoms with Crippen molar-refractivity contribution in [1.82, 2.24) is 25.1 Å². The number of H-pyrrole nitrogens is 1. The fourth-order valence-electron chi connectivity index (χ4n) is 2.81. The van der Waals surface area contributed by atoms with Gasteiger partial charge in [0.15, 0.2) is 0 Å². The average molecular weight is 397 g/mol. The number of aromatic amines is 1. The van der Waals surface area contributed by atoms with Crippen molar-refractivity contribution in [1.29, 1.82) is 0 Å². The quantitative estimate of drug-likeness (QED) is 0.628. The number of methoxy groups -OCH3 is 2. The summed E-state index contributed by atoms with van der Waals surface area (Å²) in [7, 11) is 3.14. The first-order chi connectivity index (χ1) is 13.9. The lowest BCUT2D eigenvalue weighted by Crippen LogP contribution is -2.32. The van der Waals surface area contributed by atoms with Crippen molar-refractivity contribution >= 4 is 5.91 Å². The minimum atomic E-state index is -0.324. The molecule has 0 saturated carbocycles. The molecule has 0 aliphatic carbocycles. The number of carbonyl (C=O) groups excluding carboxylic acids is 1. The second-order valence-corrected chi connectivity index (χ2v) is 6.44. The van der Waals surface area contributed by atoms with Crippen molar-refractivity contribution in [2.75, 3.05) is 20.8 Å². The Morgan fingerprint density at radius 2 is 2.00 bits per heavy atom. The SMILES string of the molecule is COc1ccc(OC)c(-c2cc(C(=O)NCCn3cnc(C)c(C)c3=O)[nH]n2)c1. The molecule has 2 N–H and O–H groups in total. The predicted molar refractivity (Wildman–Crippen MR) is 107 cm³/mol. The number of amides is 1. The topological polar surface area (TPSA) is 111 Å². The highest BCUT2D eigenvalue weighted by Crippen LogP contribution is 2.32. The molecular weight excluding hydrogens is 374 g/mol. The molecule has 0 spiro atoms. The highest BCUT2D eigenvalue weighted by atomic mass is 16.5. The van der Waals surface area contributed by atoms with E-state index >= 15 is 0 Å².